The monoisotopic (exact) mass is 235 g/mol. The number of rotatable bonds is 5. The topological polar surface area (TPSA) is 83.6 Å². The Hall–Kier alpha value is -1.90. The van der Waals surface area contributed by atoms with Gasteiger partial charge in [-0.2, -0.15) is 5.26 Å². The fraction of sp³-hybridized carbons (Fsp3) is 0.636. The van der Waals surface area contributed by atoms with Crippen LogP contribution in [0.3, 0.4) is 0 Å². The molecule has 1 unspecified atom stereocenters. The Morgan fingerprint density at radius 3 is 2.88 bits per heavy atom. The normalized spacial score (nSPS) is 13.8. The van der Waals surface area contributed by atoms with Crippen molar-refractivity contribution in [1.82, 2.24) is 20.1 Å². The lowest BCUT2D eigenvalue weighted by atomic mass is 9.88. The highest BCUT2D eigenvalue weighted by Gasteiger charge is 2.31. The Labute approximate surface area is 101 Å². The second-order valence-electron chi connectivity index (χ2n) is 4.01. The maximum absolute atomic E-state index is 11.8. The largest absolute Gasteiger partial charge is 0.347 e. The first kappa shape index (κ1) is 13.2. The number of hydrogen-bond donors (Lipinski definition) is 1. The molecule has 0 saturated heterocycles. The van der Waals surface area contributed by atoms with E-state index in [-0.39, 0.29) is 5.91 Å². The summed E-state index contributed by atoms with van der Waals surface area (Å²) in [4.78, 5) is 11.8. The van der Waals surface area contributed by atoms with Gasteiger partial charge in [-0.05, 0) is 20.3 Å². The molecule has 0 bridgehead atoms. The Morgan fingerprint density at radius 2 is 2.35 bits per heavy atom. The standard InChI is InChI=1S/C11H17N5O/c1-4-11(3,7-12)10(17)13-6-9-15-14-8-16(9)5-2/h8H,4-6H2,1-3H3,(H,13,17). The van der Waals surface area contributed by atoms with Crippen molar-refractivity contribution in [2.24, 2.45) is 5.41 Å². The minimum Gasteiger partial charge on any atom is -0.347 e. The lowest BCUT2D eigenvalue weighted by Crippen LogP contribution is -2.37. The van der Waals surface area contributed by atoms with Crippen molar-refractivity contribution in [2.75, 3.05) is 0 Å². The maximum Gasteiger partial charge on any atom is 0.240 e. The third-order valence-electron chi connectivity index (χ3n) is 2.90. The summed E-state index contributed by atoms with van der Waals surface area (Å²) in [5.74, 6) is 0.422. The van der Waals surface area contributed by atoms with Crippen LogP contribution >= 0.6 is 0 Å². The van der Waals surface area contributed by atoms with Gasteiger partial charge in [-0.15, -0.1) is 10.2 Å². The SMILES string of the molecule is CCn1cnnc1CNC(=O)C(C)(C#N)CC. The molecule has 1 rings (SSSR count). The van der Waals surface area contributed by atoms with E-state index in [9.17, 15) is 4.79 Å². The van der Waals surface area contributed by atoms with Crippen molar-refractivity contribution >= 4 is 5.91 Å². The molecular formula is C11H17N5O. The van der Waals surface area contributed by atoms with Crippen molar-refractivity contribution in [2.45, 2.75) is 40.3 Å². The summed E-state index contributed by atoms with van der Waals surface area (Å²) >= 11 is 0. The smallest absolute Gasteiger partial charge is 0.240 e. The first-order chi connectivity index (χ1) is 8.07. The minimum absolute atomic E-state index is 0.270. The third-order valence-corrected chi connectivity index (χ3v) is 2.90. The van der Waals surface area contributed by atoms with Crippen LogP contribution in [-0.2, 0) is 17.9 Å². The van der Waals surface area contributed by atoms with E-state index in [0.29, 0.717) is 18.8 Å². The van der Waals surface area contributed by atoms with Crippen LogP contribution in [-0.4, -0.2) is 20.7 Å². The fourth-order valence-corrected chi connectivity index (χ4v) is 1.32. The third kappa shape index (κ3) is 2.81. The average Bonchev–Trinajstić information content (AvgIpc) is 2.82. The summed E-state index contributed by atoms with van der Waals surface area (Å²) in [6, 6.07) is 2.03. The van der Waals surface area contributed by atoms with Crippen molar-refractivity contribution in [3.05, 3.63) is 12.2 Å². The van der Waals surface area contributed by atoms with E-state index in [4.69, 9.17) is 5.26 Å². The van der Waals surface area contributed by atoms with E-state index >= 15 is 0 Å². The first-order valence-electron chi connectivity index (χ1n) is 5.63. The molecule has 0 radical (unpaired) electrons. The lowest BCUT2D eigenvalue weighted by Gasteiger charge is -2.18. The highest BCUT2D eigenvalue weighted by molar-refractivity contribution is 5.84. The van der Waals surface area contributed by atoms with E-state index in [1.54, 1.807) is 13.3 Å². The predicted molar refractivity (Wildman–Crippen MR) is 61.6 cm³/mol. The van der Waals surface area contributed by atoms with Gasteiger partial charge in [0.25, 0.3) is 0 Å². The van der Waals surface area contributed by atoms with Crippen LogP contribution in [0.1, 0.15) is 33.0 Å². The second kappa shape index (κ2) is 5.43. The first-order valence-corrected chi connectivity index (χ1v) is 5.63. The molecule has 0 fully saturated rings. The number of nitrogens with zero attached hydrogens (tertiary/aromatic N) is 4. The van der Waals surface area contributed by atoms with Gasteiger partial charge in [0.15, 0.2) is 5.82 Å². The highest BCUT2D eigenvalue weighted by Crippen LogP contribution is 2.19. The van der Waals surface area contributed by atoms with Gasteiger partial charge in [0.1, 0.15) is 11.7 Å². The van der Waals surface area contributed by atoms with Gasteiger partial charge in [0.05, 0.1) is 12.6 Å². The van der Waals surface area contributed by atoms with E-state index in [0.717, 1.165) is 6.54 Å². The average molecular weight is 235 g/mol. The molecule has 0 spiro atoms. The summed E-state index contributed by atoms with van der Waals surface area (Å²) in [6.45, 7) is 6.47. The van der Waals surface area contributed by atoms with Gasteiger partial charge >= 0.3 is 0 Å². The molecule has 6 heteroatoms. The van der Waals surface area contributed by atoms with Crippen molar-refractivity contribution < 1.29 is 4.79 Å². The van der Waals surface area contributed by atoms with E-state index in [1.807, 2.05) is 24.5 Å². The van der Waals surface area contributed by atoms with E-state index in [1.165, 1.54) is 0 Å². The molecule has 1 heterocycles. The van der Waals surface area contributed by atoms with Crippen LogP contribution in [0.15, 0.2) is 6.33 Å². The molecule has 17 heavy (non-hydrogen) atoms. The molecule has 1 aromatic rings. The van der Waals surface area contributed by atoms with Gasteiger partial charge in [-0.1, -0.05) is 6.92 Å². The summed E-state index contributed by atoms with van der Waals surface area (Å²) in [5, 5.41) is 19.4. The summed E-state index contributed by atoms with van der Waals surface area (Å²) < 4.78 is 1.84. The Balaban J connectivity index is 2.63. The summed E-state index contributed by atoms with van der Waals surface area (Å²) in [5.41, 5.74) is -0.975. The molecule has 0 aliphatic rings. The van der Waals surface area contributed by atoms with Crippen LogP contribution in [0, 0.1) is 16.7 Å². The van der Waals surface area contributed by atoms with Gasteiger partial charge in [0, 0.05) is 6.54 Å². The number of nitrogens with one attached hydrogen (secondary N) is 1. The van der Waals surface area contributed by atoms with Gasteiger partial charge in [-0.3, -0.25) is 4.79 Å². The van der Waals surface area contributed by atoms with Crippen LogP contribution in [0.4, 0.5) is 0 Å². The zero-order valence-corrected chi connectivity index (χ0v) is 10.4. The van der Waals surface area contributed by atoms with Gasteiger partial charge in [0.2, 0.25) is 5.91 Å². The molecule has 1 amide bonds. The number of aromatic nitrogens is 3. The number of nitriles is 1. The fourth-order valence-electron chi connectivity index (χ4n) is 1.32. The molecule has 0 aliphatic heterocycles. The second-order valence-corrected chi connectivity index (χ2v) is 4.01. The number of aryl methyl sites for hydroxylation is 1. The minimum atomic E-state index is -0.975. The molecule has 1 aromatic heterocycles. The molecule has 92 valence electrons. The predicted octanol–water partition coefficient (Wildman–Crippen LogP) is 0.854. The number of carbonyl (C=O) groups is 1. The van der Waals surface area contributed by atoms with Crippen LogP contribution in [0.2, 0.25) is 0 Å². The Morgan fingerprint density at radius 1 is 1.65 bits per heavy atom. The molecule has 0 saturated carbocycles. The van der Waals surface area contributed by atoms with E-state index < -0.39 is 5.41 Å². The van der Waals surface area contributed by atoms with Gasteiger partial charge < -0.3 is 9.88 Å². The molecular weight excluding hydrogens is 218 g/mol. The number of carbonyl (C=O) groups excluding carboxylic acids is 1. The number of amides is 1. The van der Waals surface area contributed by atoms with Crippen molar-refractivity contribution in [1.29, 1.82) is 5.26 Å². The zero-order chi connectivity index (χ0) is 12.9. The Kier molecular flexibility index (Phi) is 4.21. The summed E-state index contributed by atoms with van der Waals surface area (Å²) in [6.07, 6.45) is 2.10. The summed E-state index contributed by atoms with van der Waals surface area (Å²) in [7, 11) is 0. The van der Waals surface area contributed by atoms with Crippen LogP contribution < -0.4 is 5.32 Å². The van der Waals surface area contributed by atoms with Crippen LogP contribution in [0.25, 0.3) is 0 Å². The Bertz CT molecular complexity index is 433. The quantitative estimate of drug-likeness (QED) is 0.820. The lowest BCUT2D eigenvalue weighted by molar-refractivity contribution is -0.127. The molecule has 6 nitrogen and oxygen atoms in total. The molecule has 1 N–H and O–H groups in total. The maximum atomic E-state index is 11.8. The van der Waals surface area contributed by atoms with Crippen LogP contribution in [0.5, 0.6) is 0 Å². The number of hydrogen-bond acceptors (Lipinski definition) is 4. The van der Waals surface area contributed by atoms with E-state index in [2.05, 4.69) is 15.5 Å². The van der Waals surface area contributed by atoms with Gasteiger partial charge in [-0.25, -0.2) is 0 Å². The molecule has 0 aliphatic carbocycles. The zero-order valence-electron chi connectivity index (χ0n) is 10.4. The van der Waals surface area contributed by atoms with Crippen molar-refractivity contribution in [3.8, 4) is 6.07 Å². The van der Waals surface area contributed by atoms with Crippen molar-refractivity contribution in [3.63, 3.8) is 0 Å². The highest BCUT2D eigenvalue weighted by atomic mass is 16.2. The molecule has 1 atom stereocenters. The molecule has 0 aromatic carbocycles.